The van der Waals surface area contributed by atoms with Gasteiger partial charge in [-0.3, -0.25) is 4.98 Å². The number of nitrogens with zero attached hydrogens (tertiary/aromatic N) is 2. The van der Waals surface area contributed by atoms with Gasteiger partial charge < -0.3 is 15.3 Å². The molecule has 0 saturated carbocycles. The van der Waals surface area contributed by atoms with Gasteiger partial charge in [0, 0.05) is 31.0 Å². The Balaban J connectivity index is 1.96. The highest BCUT2D eigenvalue weighted by Gasteiger charge is 2.32. The molecule has 1 amide bonds. The Labute approximate surface area is 113 Å². The summed E-state index contributed by atoms with van der Waals surface area (Å²) in [5.74, 6) is 0. The minimum absolute atomic E-state index is 0.0333. The number of hydrogen-bond donors (Lipinski definition) is 2. The molecule has 2 N–H and O–H groups in total. The molecule has 2 heterocycles. The highest BCUT2D eigenvalue weighted by Crippen LogP contribution is 2.29. The molecule has 5 nitrogen and oxygen atoms in total. The predicted octanol–water partition coefficient (Wildman–Crippen LogP) is 2.65. The molecule has 20 heavy (non-hydrogen) atoms. The number of pyridine rings is 1. The number of carboxylic acid groups (broad SMARTS) is 1. The maximum absolute atomic E-state index is 12.5. The first-order valence-electron chi connectivity index (χ1n) is 6.14. The van der Waals surface area contributed by atoms with Gasteiger partial charge in [0.15, 0.2) is 0 Å². The number of carbonyl (C=O) groups is 1. The van der Waals surface area contributed by atoms with Crippen LogP contribution in [0.1, 0.15) is 18.5 Å². The smallest absolute Gasteiger partial charge is 0.433 e. The molecule has 0 bridgehead atoms. The molecule has 110 valence electrons. The Morgan fingerprint density at radius 1 is 1.40 bits per heavy atom. The van der Waals surface area contributed by atoms with E-state index in [9.17, 15) is 18.0 Å². The van der Waals surface area contributed by atoms with Crippen molar-refractivity contribution >= 4 is 11.8 Å². The minimum atomic E-state index is -4.47. The number of anilines is 1. The van der Waals surface area contributed by atoms with Crippen molar-refractivity contribution in [1.29, 1.82) is 0 Å². The number of piperidine rings is 1. The Bertz CT molecular complexity index is 485. The SMILES string of the molecule is O=C(O)N1CCC(Nc2ccnc(C(F)(F)F)c2)CC1. The van der Waals surface area contributed by atoms with Crippen LogP contribution in [0.25, 0.3) is 0 Å². The number of alkyl halides is 3. The fourth-order valence-corrected chi connectivity index (χ4v) is 2.13. The van der Waals surface area contributed by atoms with E-state index in [-0.39, 0.29) is 6.04 Å². The van der Waals surface area contributed by atoms with Gasteiger partial charge in [-0.1, -0.05) is 0 Å². The second kappa shape index (κ2) is 5.56. The number of likely N-dealkylation sites (tertiary alicyclic amines) is 1. The molecule has 0 aromatic carbocycles. The Morgan fingerprint density at radius 2 is 2.05 bits per heavy atom. The van der Waals surface area contributed by atoms with Crippen LogP contribution in [0.4, 0.5) is 23.7 Å². The molecule has 8 heteroatoms. The third kappa shape index (κ3) is 3.52. The highest BCUT2D eigenvalue weighted by molar-refractivity contribution is 5.65. The summed E-state index contributed by atoms with van der Waals surface area (Å²) in [6.07, 6.45) is -3.19. The molecule has 2 rings (SSSR count). The van der Waals surface area contributed by atoms with Gasteiger partial charge in [-0.05, 0) is 25.0 Å². The number of aromatic nitrogens is 1. The van der Waals surface area contributed by atoms with Crippen LogP contribution in [0.15, 0.2) is 18.3 Å². The standard InChI is InChI=1S/C12H14F3N3O2/c13-12(14,15)10-7-9(1-4-16-10)17-8-2-5-18(6-3-8)11(19)20/h1,4,7-8H,2-3,5-6H2,(H,16,17)(H,19,20). The molecule has 1 saturated heterocycles. The normalized spacial score (nSPS) is 17.1. The van der Waals surface area contributed by atoms with Crippen molar-refractivity contribution in [2.24, 2.45) is 0 Å². The lowest BCUT2D eigenvalue weighted by Gasteiger charge is -2.31. The van der Waals surface area contributed by atoms with E-state index < -0.39 is 18.0 Å². The molecule has 0 unspecified atom stereocenters. The van der Waals surface area contributed by atoms with Crippen molar-refractivity contribution in [1.82, 2.24) is 9.88 Å². The zero-order chi connectivity index (χ0) is 14.8. The average Bonchev–Trinajstić information content (AvgIpc) is 2.38. The molecule has 1 aliphatic heterocycles. The number of rotatable bonds is 2. The van der Waals surface area contributed by atoms with Crippen LogP contribution in [-0.2, 0) is 6.18 Å². The first-order valence-corrected chi connectivity index (χ1v) is 6.14. The molecule has 1 aliphatic rings. The summed E-state index contributed by atoms with van der Waals surface area (Å²) in [6.45, 7) is 0.758. The van der Waals surface area contributed by atoms with Gasteiger partial charge in [0.05, 0.1) is 0 Å². The van der Waals surface area contributed by atoms with Gasteiger partial charge in [-0.15, -0.1) is 0 Å². The van der Waals surface area contributed by atoms with Crippen molar-refractivity contribution in [3.63, 3.8) is 0 Å². The number of amides is 1. The molecular weight excluding hydrogens is 275 g/mol. The van der Waals surface area contributed by atoms with Crippen LogP contribution in [0.2, 0.25) is 0 Å². The van der Waals surface area contributed by atoms with Gasteiger partial charge in [0.1, 0.15) is 5.69 Å². The largest absolute Gasteiger partial charge is 0.465 e. The lowest BCUT2D eigenvalue weighted by Crippen LogP contribution is -2.41. The molecular formula is C12H14F3N3O2. The fraction of sp³-hybridized carbons (Fsp3) is 0.500. The first kappa shape index (κ1) is 14.4. The zero-order valence-corrected chi connectivity index (χ0v) is 10.5. The Morgan fingerprint density at radius 3 is 2.60 bits per heavy atom. The van der Waals surface area contributed by atoms with E-state index in [0.29, 0.717) is 31.6 Å². The summed E-state index contributed by atoms with van der Waals surface area (Å²) in [7, 11) is 0. The number of hydrogen-bond acceptors (Lipinski definition) is 3. The summed E-state index contributed by atoms with van der Waals surface area (Å²) in [6, 6.07) is 2.40. The van der Waals surface area contributed by atoms with Crippen LogP contribution >= 0.6 is 0 Å². The van der Waals surface area contributed by atoms with E-state index >= 15 is 0 Å². The van der Waals surface area contributed by atoms with Crippen molar-refractivity contribution < 1.29 is 23.1 Å². The average molecular weight is 289 g/mol. The monoisotopic (exact) mass is 289 g/mol. The van der Waals surface area contributed by atoms with Crippen LogP contribution in [-0.4, -0.2) is 40.2 Å². The minimum Gasteiger partial charge on any atom is -0.465 e. The highest BCUT2D eigenvalue weighted by atomic mass is 19.4. The quantitative estimate of drug-likeness (QED) is 0.878. The summed E-state index contributed by atoms with van der Waals surface area (Å²) in [4.78, 5) is 15.3. The first-order chi connectivity index (χ1) is 9.36. The van der Waals surface area contributed by atoms with Crippen LogP contribution < -0.4 is 5.32 Å². The van der Waals surface area contributed by atoms with Crippen molar-refractivity contribution in [2.75, 3.05) is 18.4 Å². The summed E-state index contributed by atoms with van der Waals surface area (Å²) >= 11 is 0. The zero-order valence-electron chi connectivity index (χ0n) is 10.5. The van der Waals surface area contributed by atoms with Crippen molar-refractivity contribution in [2.45, 2.75) is 25.1 Å². The molecule has 0 atom stereocenters. The van der Waals surface area contributed by atoms with E-state index in [0.717, 1.165) is 12.3 Å². The fourth-order valence-electron chi connectivity index (χ4n) is 2.13. The van der Waals surface area contributed by atoms with Gasteiger partial charge in [-0.2, -0.15) is 13.2 Å². The molecule has 0 aliphatic carbocycles. The summed E-state index contributed by atoms with van der Waals surface area (Å²) in [5.41, 5.74) is -0.591. The van der Waals surface area contributed by atoms with Crippen LogP contribution in [0, 0.1) is 0 Å². The summed E-state index contributed by atoms with van der Waals surface area (Å²) in [5, 5.41) is 11.8. The maximum Gasteiger partial charge on any atom is 0.433 e. The number of halogens is 3. The molecule has 0 spiro atoms. The summed E-state index contributed by atoms with van der Waals surface area (Å²) < 4.78 is 37.6. The molecule has 1 aromatic heterocycles. The van der Waals surface area contributed by atoms with E-state index in [1.165, 1.54) is 11.0 Å². The predicted molar refractivity (Wildman–Crippen MR) is 65.5 cm³/mol. The Kier molecular flexibility index (Phi) is 4.01. The van der Waals surface area contributed by atoms with Crippen molar-refractivity contribution in [3.05, 3.63) is 24.0 Å². The lowest BCUT2D eigenvalue weighted by atomic mass is 10.1. The maximum atomic E-state index is 12.5. The molecule has 0 radical (unpaired) electrons. The topological polar surface area (TPSA) is 65.5 Å². The van der Waals surface area contributed by atoms with Gasteiger partial charge >= 0.3 is 12.3 Å². The molecule has 1 aromatic rings. The van der Waals surface area contributed by atoms with Gasteiger partial charge in [0.2, 0.25) is 0 Å². The van der Waals surface area contributed by atoms with Crippen LogP contribution in [0.5, 0.6) is 0 Å². The van der Waals surface area contributed by atoms with Crippen molar-refractivity contribution in [3.8, 4) is 0 Å². The van der Waals surface area contributed by atoms with E-state index in [1.54, 1.807) is 0 Å². The van der Waals surface area contributed by atoms with Crippen LogP contribution in [0.3, 0.4) is 0 Å². The number of nitrogens with one attached hydrogen (secondary N) is 1. The Hall–Kier alpha value is -1.99. The van der Waals surface area contributed by atoms with E-state index in [4.69, 9.17) is 5.11 Å². The van der Waals surface area contributed by atoms with E-state index in [1.807, 2.05) is 0 Å². The second-order valence-corrected chi connectivity index (χ2v) is 4.62. The molecule has 1 fully saturated rings. The second-order valence-electron chi connectivity index (χ2n) is 4.62. The van der Waals surface area contributed by atoms with E-state index in [2.05, 4.69) is 10.3 Å². The lowest BCUT2D eigenvalue weighted by molar-refractivity contribution is -0.141. The third-order valence-corrected chi connectivity index (χ3v) is 3.19. The van der Waals surface area contributed by atoms with Gasteiger partial charge in [-0.25, -0.2) is 4.79 Å². The third-order valence-electron chi connectivity index (χ3n) is 3.19. The van der Waals surface area contributed by atoms with Gasteiger partial charge in [0.25, 0.3) is 0 Å².